The molecule has 4 rings (SSSR count). The van der Waals surface area contributed by atoms with Crippen LogP contribution < -0.4 is 10.6 Å². The molecule has 32 heavy (non-hydrogen) atoms. The molecule has 0 amide bonds. The number of non-ortho nitro benzene ring substituents is 1. The van der Waals surface area contributed by atoms with Gasteiger partial charge in [0.15, 0.2) is 0 Å². The minimum atomic E-state index is -0.443. The third-order valence-corrected chi connectivity index (χ3v) is 4.89. The molecule has 7 nitrogen and oxygen atoms in total. The molecule has 1 aromatic heterocycles. The Morgan fingerprint density at radius 3 is 2.50 bits per heavy atom. The molecule has 0 aliphatic carbocycles. The second-order valence-electron chi connectivity index (χ2n) is 6.95. The fraction of sp³-hybridized carbons (Fsp3) is 0.0417. The summed E-state index contributed by atoms with van der Waals surface area (Å²) in [6.45, 7) is 0. The number of nitrogens with zero attached hydrogens (tertiary/aromatic N) is 3. The molecule has 3 aromatic carbocycles. The van der Waals surface area contributed by atoms with E-state index in [1.165, 1.54) is 12.1 Å². The zero-order valence-corrected chi connectivity index (χ0v) is 17.8. The van der Waals surface area contributed by atoms with Gasteiger partial charge in [0.05, 0.1) is 33.2 Å². The third kappa shape index (κ3) is 5.06. The fourth-order valence-corrected chi connectivity index (χ4v) is 3.18. The van der Waals surface area contributed by atoms with Crippen molar-refractivity contribution in [2.24, 2.45) is 7.05 Å². The van der Waals surface area contributed by atoms with E-state index in [4.69, 9.17) is 11.6 Å². The highest BCUT2D eigenvalue weighted by Gasteiger charge is 2.12. The smallest absolute Gasteiger partial charge is 0.271 e. The molecule has 8 heteroatoms. The average molecular weight is 444 g/mol. The summed E-state index contributed by atoms with van der Waals surface area (Å²) in [5.74, 6) is 6.17. The second kappa shape index (κ2) is 9.25. The Kier molecular flexibility index (Phi) is 6.06. The predicted molar refractivity (Wildman–Crippen MR) is 127 cm³/mol. The van der Waals surface area contributed by atoms with Gasteiger partial charge in [0, 0.05) is 42.2 Å². The normalized spacial score (nSPS) is 10.2. The van der Waals surface area contributed by atoms with Crippen molar-refractivity contribution in [2.75, 3.05) is 10.6 Å². The van der Waals surface area contributed by atoms with Crippen LogP contribution in [0.4, 0.5) is 28.4 Å². The highest BCUT2D eigenvalue weighted by molar-refractivity contribution is 6.33. The van der Waals surface area contributed by atoms with E-state index in [1.54, 1.807) is 23.0 Å². The monoisotopic (exact) mass is 443 g/mol. The van der Waals surface area contributed by atoms with Crippen molar-refractivity contribution in [3.05, 3.63) is 105 Å². The lowest BCUT2D eigenvalue weighted by atomic mass is 10.1. The van der Waals surface area contributed by atoms with Crippen LogP contribution in [0.3, 0.4) is 0 Å². The molecular formula is C24H18ClN5O2. The molecule has 0 atom stereocenters. The Balaban J connectivity index is 1.68. The summed E-state index contributed by atoms with van der Waals surface area (Å²) in [7, 11) is 1.83. The largest absolute Gasteiger partial charge is 0.353 e. The number of halogens is 1. The third-order valence-electron chi connectivity index (χ3n) is 4.56. The van der Waals surface area contributed by atoms with Gasteiger partial charge in [-0.15, -0.1) is 0 Å². The number of rotatable bonds is 5. The summed E-state index contributed by atoms with van der Waals surface area (Å²) in [6.07, 6.45) is 3.55. The first kappa shape index (κ1) is 21.0. The highest BCUT2D eigenvalue weighted by atomic mass is 35.5. The maximum Gasteiger partial charge on any atom is 0.271 e. The van der Waals surface area contributed by atoms with E-state index in [0.717, 1.165) is 16.9 Å². The van der Waals surface area contributed by atoms with E-state index in [2.05, 4.69) is 27.6 Å². The van der Waals surface area contributed by atoms with Gasteiger partial charge in [-0.2, -0.15) is 5.10 Å². The molecule has 0 aliphatic rings. The van der Waals surface area contributed by atoms with E-state index >= 15 is 0 Å². The van der Waals surface area contributed by atoms with Gasteiger partial charge in [-0.05, 0) is 36.4 Å². The molecular weight excluding hydrogens is 426 g/mol. The Morgan fingerprint density at radius 1 is 0.969 bits per heavy atom. The molecule has 0 fully saturated rings. The topological polar surface area (TPSA) is 85.0 Å². The quantitative estimate of drug-likeness (QED) is 0.229. The molecule has 2 N–H and O–H groups in total. The first-order valence-electron chi connectivity index (χ1n) is 9.66. The number of anilines is 4. The van der Waals surface area contributed by atoms with Crippen LogP contribution in [0.1, 0.15) is 11.1 Å². The second-order valence-corrected chi connectivity index (χ2v) is 7.36. The van der Waals surface area contributed by atoms with E-state index in [0.29, 0.717) is 22.0 Å². The number of aryl methyl sites for hydroxylation is 1. The van der Waals surface area contributed by atoms with Gasteiger partial charge < -0.3 is 10.6 Å². The minimum Gasteiger partial charge on any atom is -0.353 e. The van der Waals surface area contributed by atoms with Crippen molar-refractivity contribution < 1.29 is 4.92 Å². The Bertz CT molecular complexity index is 1340. The summed E-state index contributed by atoms with van der Waals surface area (Å²) >= 11 is 6.40. The average Bonchev–Trinajstić information content (AvgIpc) is 3.20. The van der Waals surface area contributed by atoms with E-state index in [-0.39, 0.29) is 5.69 Å². The number of hydrogen-bond donors (Lipinski definition) is 2. The van der Waals surface area contributed by atoms with E-state index < -0.39 is 4.92 Å². The predicted octanol–water partition coefficient (Wildman–Crippen LogP) is 5.87. The van der Waals surface area contributed by atoms with Gasteiger partial charge in [-0.25, -0.2) is 0 Å². The molecule has 0 radical (unpaired) electrons. The number of nitrogens with one attached hydrogen (secondary N) is 2. The SMILES string of the molecule is Cn1cc(Nc2ccc(Cl)c(Nc3cc([N+](=O)[O-])ccc3C#Cc3ccccc3)c2)cn1. The van der Waals surface area contributed by atoms with Gasteiger partial charge in [-0.1, -0.05) is 41.6 Å². The highest BCUT2D eigenvalue weighted by Crippen LogP contribution is 2.32. The lowest BCUT2D eigenvalue weighted by Crippen LogP contribution is -1.98. The van der Waals surface area contributed by atoms with Gasteiger partial charge in [0.25, 0.3) is 5.69 Å². The summed E-state index contributed by atoms with van der Waals surface area (Å²) in [5.41, 5.74) is 4.10. The van der Waals surface area contributed by atoms with E-state index in [1.807, 2.05) is 55.7 Å². The van der Waals surface area contributed by atoms with Crippen LogP contribution in [0, 0.1) is 22.0 Å². The van der Waals surface area contributed by atoms with E-state index in [9.17, 15) is 10.1 Å². The van der Waals surface area contributed by atoms with Gasteiger partial charge in [0.1, 0.15) is 0 Å². The lowest BCUT2D eigenvalue weighted by Gasteiger charge is -2.13. The van der Waals surface area contributed by atoms with Crippen molar-refractivity contribution in [3.8, 4) is 11.8 Å². The van der Waals surface area contributed by atoms with Crippen LogP contribution >= 0.6 is 11.6 Å². The number of aromatic nitrogens is 2. The maximum atomic E-state index is 11.3. The van der Waals surface area contributed by atoms with Crippen LogP contribution in [0.2, 0.25) is 5.02 Å². The zero-order chi connectivity index (χ0) is 22.5. The Labute approximate surface area is 189 Å². The molecule has 0 spiro atoms. The number of nitro groups is 1. The van der Waals surface area contributed by atoms with Crippen LogP contribution in [-0.4, -0.2) is 14.7 Å². The standard InChI is InChI=1S/C24H18ClN5O2/c1-29-16-20(15-26-29)27-19-10-12-22(25)24(13-19)28-23-14-21(30(31)32)11-9-18(23)8-7-17-5-3-2-4-6-17/h2-6,9-16,27-28H,1H3. The summed E-state index contributed by atoms with van der Waals surface area (Å²) in [6, 6.07) is 19.4. The van der Waals surface area contributed by atoms with Gasteiger partial charge >= 0.3 is 0 Å². The van der Waals surface area contributed by atoms with Gasteiger partial charge in [-0.3, -0.25) is 14.8 Å². The van der Waals surface area contributed by atoms with Crippen molar-refractivity contribution >= 4 is 40.0 Å². The summed E-state index contributed by atoms with van der Waals surface area (Å²) in [5, 5.41) is 22.4. The molecule has 4 aromatic rings. The number of benzene rings is 3. The zero-order valence-electron chi connectivity index (χ0n) is 17.0. The molecule has 0 aliphatic heterocycles. The lowest BCUT2D eigenvalue weighted by molar-refractivity contribution is -0.384. The first-order chi connectivity index (χ1) is 15.5. The van der Waals surface area contributed by atoms with Crippen LogP contribution in [0.15, 0.2) is 79.1 Å². The maximum absolute atomic E-state index is 11.3. The van der Waals surface area contributed by atoms with Gasteiger partial charge in [0.2, 0.25) is 0 Å². The minimum absolute atomic E-state index is 0.0430. The number of hydrogen-bond acceptors (Lipinski definition) is 5. The molecule has 0 saturated heterocycles. The van der Waals surface area contributed by atoms with Crippen molar-refractivity contribution in [1.82, 2.24) is 9.78 Å². The van der Waals surface area contributed by atoms with Crippen molar-refractivity contribution in [2.45, 2.75) is 0 Å². The molecule has 0 bridgehead atoms. The van der Waals surface area contributed by atoms with Crippen LogP contribution in [-0.2, 0) is 7.05 Å². The fourth-order valence-electron chi connectivity index (χ4n) is 3.02. The molecule has 0 unspecified atom stereocenters. The summed E-state index contributed by atoms with van der Waals surface area (Å²) < 4.78 is 1.69. The molecule has 158 valence electrons. The Morgan fingerprint density at radius 2 is 1.78 bits per heavy atom. The van der Waals surface area contributed by atoms with Crippen molar-refractivity contribution in [3.63, 3.8) is 0 Å². The first-order valence-corrected chi connectivity index (χ1v) is 10.0. The molecule has 1 heterocycles. The Hall–Kier alpha value is -4.28. The number of nitro benzene ring substituents is 1. The summed E-state index contributed by atoms with van der Waals surface area (Å²) in [4.78, 5) is 10.9. The van der Waals surface area contributed by atoms with Crippen LogP contribution in [0.5, 0.6) is 0 Å². The molecule has 0 saturated carbocycles. The van der Waals surface area contributed by atoms with Crippen LogP contribution in [0.25, 0.3) is 0 Å². The van der Waals surface area contributed by atoms with Crippen molar-refractivity contribution in [1.29, 1.82) is 0 Å².